The molecule has 2 rings (SSSR count). The molecule has 0 amide bonds. The Bertz CT molecular complexity index is 535. The Balaban J connectivity index is 1.88. The molecular weight excluding hydrogens is 286 g/mol. The van der Waals surface area contributed by atoms with Crippen LogP contribution in [0, 0.1) is 5.92 Å². The van der Waals surface area contributed by atoms with E-state index in [2.05, 4.69) is 14.9 Å². The minimum absolute atomic E-state index is 0.342. The molecule has 2 N–H and O–H groups in total. The van der Waals surface area contributed by atoms with Gasteiger partial charge in [-0.05, 0) is 63.6 Å². The lowest BCUT2D eigenvalue weighted by Gasteiger charge is -2.12. The van der Waals surface area contributed by atoms with Crippen molar-refractivity contribution < 1.29 is 8.42 Å². The monoisotopic (exact) mass is 311 g/mol. The van der Waals surface area contributed by atoms with Gasteiger partial charge < -0.3 is 10.2 Å². The molecule has 1 atom stereocenters. The summed E-state index contributed by atoms with van der Waals surface area (Å²) in [7, 11) is 0.599. The Kier molecular flexibility index (Phi) is 5.75. The van der Waals surface area contributed by atoms with Crippen molar-refractivity contribution >= 4 is 10.0 Å². The van der Waals surface area contributed by atoms with Gasteiger partial charge >= 0.3 is 0 Å². The Labute approximate surface area is 127 Å². The third-order valence-electron chi connectivity index (χ3n) is 3.74. The van der Waals surface area contributed by atoms with Gasteiger partial charge in [0.2, 0.25) is 10.0 Å². The van der Waals surface area contributed by atoms with Crippen LogP contribution in [0.5, 0.6) is 0 Å². The molecule has 1 aromatic carbocycles. The van der Waals surface area contributed by atoms with Crippen molar-refractivity contribution in [2.75, 3.05) is 33.7 Å². The number of nitrogens with one attached hydrogen (secondary N) is 2. The molecule has 0 bridgehead atoms. The second-order valence-corrected chi connectivity index (χ2v) is 7.69. The summed E-state index contributed by atoms with van der Waals surface area (Å²) in [6, 6.07) is 7.10. The first kappa shape index (κ1) is 16.4. The lowest BCUT2D eigenvalue weighted by atomic mass is 10.1. The summed E-state index contributed by atoms with van der Waals surface area (Å²) < 4.78 is 27.1. The predicted molar refractivity (Wildman–Crippen MR) is 84.6 cm³/mol. The van der Waals surface area contributed by atoms with Gasteiger partial charge in [0.05, 0.1) is 4.90 Å². The summed E-state index contributed by atoms with van der Waals surface area (Å²) >= 11 is 0. The zero-order chi connectivity index (χ0) is 15.3. The first-order valence-electron chi connectivity index (χ1n) is 7.41. The fourth-order valence-electron chi connectivity index (χ4n) is 2.58. The number of benzene rings is 1. The second-order valence-electron chi connectivity index (χ2n) is 5.93. The topological polar surface area (TPSA) is 61.4 Å². The van der Waals surface area contributed by atoms with E-state index in [1.54, 1.807) is 12.1 Å². The largest absolute Gasteiger partial charge is 0.316 e. The molecule has 6 heteroatoms. The summed E-state index contributed by atoms with van der Waals surface area (Å²) in [5, 5.41) is 3.29. The van der Waals surface area contributed by atoms with Gasteiger partial charge in [0.15, 0.2) is 0 Å². The Hall–Kier alpha value is -0.950. The van der Waals surface area contributed by atoms with Crippen molar-refractivity contribution in [3.63, 3.8) is 0 Å². The smallest absolute Gasteiger partial charge is 0.240 e. The van der Waals surface area contributed by atoms with Gasteiger partial charge in [0.1, 0.15) is 0 Å². The number of rotatable bonds is 7. The first-order chi connectivity index (χ1) is 9.97. The number of hydrogen-bond donors (Lipinski definition) is 2. The van der Waals surface area contributed by atoms with Crippen molar-refractivity contribution in [2.45, 2.75) is 24.3 Å². The van der Waals surface area contributed by atoms with E-state index in [0.29, 0.717) is 17.4 Å². The van der Waals surface area contributed by atoms with Crippen LogP contribution in [0.4, 0.5) is 0 Å². The number of nitrogens with zero attached hydrogens (tertiary/aromatic N) is 1. The number of sulfonamides is 1. The van der Waals surface area contributed by atoms with E-state index in [9.17, 15) is 8.42 Å². The molecule has 1 aliphatic rings. The molecule has 1 aromatic rings. The van der Waals surface area contributed by atoms with Gasteiger partial charge in [0.25, 0.3) is 0 Å². The lowest BCUT2D eigenvalue weighted by Crippen LogP contribution is -2.26. The fraction of sp³-hybridized carbons (Fsp3) is 0.600. The SMILES string of the molecule is CN(C)Cc1ccc(S(=O)(=O)NCCC2CCNC2)cc1. The molecule has 5 nitrogen and oxygen atoms in total. The first-order valence-corrected chi connectivity index (χ1v) is 8.90. The van der Waals surface area contributed by atoms with Crippen LogP contribution in [-0.4, -0.2) is 47.0 Å². The van der Waals surface area contributed by atoms with Crippen molar-refractivity contribution in [2.24, 2.45) is 5.92 Å². The van der Waals surface area contributed by atoms with Crippen molar-refractivity contribution in [1.82, 2.24) is 14.9 Å². The molecule has 1 heterocycles. The van der Waals surface area contributed by atoms with Crippen LogP contribution in [0.1, 0.15) is 18.4 Å². The van der Waals surface area contributed by atoms with Crippen LogP contribution < -0.4 is 10.0 Å². The van der Waals surface area contributed by atoms with Gasteiger partial charge in [-0.3, -0.25) is 0 Å². The maximum atomic E-state index is 12.2. The van der Waals surface area contributed by atoms with Crippen molar-refractivity contribution in [3.05, 3.63) is 29.8 Å². The molecular formula is C15H25N3O2S. The Morgan fingerprint density at radius 3 is 2.57 bits per heavy atom. The summed E-state index contributed by atoms with van der Waals surface area (Å²) in [6.45, 7) is 3.36. The second kappa shape index (κ2) is 7.35. The summed E-state index contributed by atoms with van der Waals surface area (Å²) in [4.78, 5) is 2.40. The maximum Gasteiger partial charge on any atom is 0.240 e. The Morgan fingerprint density at radius 2 is 2.00 bits per heavy atom. The highest BCUT2D eigenvalue weighted by Crippen LogP contribution is 2.14. The Morgan fingerprint density at radius 1 is 1.29 bits per heavy atom. The minimum Gasteiger partial charge on any atom is -0.316 e. The molecule has 0 saturated carbocycles. The highest BCUT2D eigenvalue weighted by molar-refractivity contribution is 7.89. The highest BCUT2D eigenvalue weighted by atomic mass is 32.2. The molecule has 0 aliphatic carbocycles. The summed E-state index contributed by atoms with van der Waals surface area (Å²) in [6.07, 6.45) is 2.03. The van der Waals surface area contributed by atoms with Gasteiger partial charge in [-0.15, -0.1) is 0 Å². The third kappa shape index (κ3) is 5.07. The minimum atomic E-state index is -3.38. The average Bonchev–Trinajstić information content (AvgIpc) is 2.91. The molecule has 0 aromatic heterocycles. The molecule has 1 fully saturated rings. The van der Waals surface area contributed by atoms with Crippen LogP contribution in [0.2, 0.25) is 0 Å². The predicted octanol–water partition coefficient (Wildman–Crippen LogP) is 1.03. The van der Waals surface area contributed by atoms with Gasteiger partial charge in [0, 0.05) is 13.1 Å². The van der Waals surface area contributed by atoms with Crippen LogP contribution in [0.3, 0.4) is 0 Å². The molecule has 0 spiro atoms. The van der Waals surface area contributed by atoms with E-state index in [4.69, 9.17) is 0 Å². The fourth-order valence-corrected chi connectivity index (χ4v) is 3.63. The zero-order valence-corrected chi connectivity index (χ0v) is 13.6. The summed E-state index contributed by atoms with van der Waals surface area (Å²) in [5.74, 6) is 0.593. The van der Waals surface area contributed by atoms with E-state index in [-0.39, 0.29) is 0 Å². The molecule has 1 aliphatic heterocycles. The normalized spacial score (nSPS) is 19.3. The van der Waals surface area contributed by atoms with Crippen LogP contribution in [0.25, 0.3) is 0 Å². The average molecular weight is 311 g/mol. The standard InChI is InChI=1S/C15H25N3O2S/c1-18(2)12-14-3-5-15(6-4-14)21(19,20)17-10-8-13-7-9-16-11-13/h3-6,13,16-17H,7-12H2,1-2H3. The van der Waals surface area contributed by atoms with Gasteiger partial charge in [-0.25, -0.2) is 13.1 Å². The molecule has 1 saturated heterocycles. The van der Waals surface area contributed by atoms with E-state index in [1.165, 1.54) is 0 Å². The molecule has 0 radical (unpaired) electrons. The number of hydrogen-bond acceptors (Lipinski definition) is 4. The molecule has 1 unspecified atom stereocenters. The van der Waals surface area contributed by atoms with Crippen LogP contribution in [0.15, 0.2) is 29.2 Å². The van der Waals surface area contributed by atoms with Crippen molar-refractivity contribution in [3.8, 4) is 0 Å². The van der Waals surface area contributed by atoms with Gasteiger partial charge in [-0.1, -0.05) is 12.1 Å². The van der Waals surface area contributed by atoms with E-state index >= 15 is 0 Å². The van der Waals surface area contributed by atoms with Crippen LogP contribution >= 0.6 is 0 Å². The highest BCUT2D eigenvalue weighted by Gasteiger charge is 2.17. The lowest BCUT2D eigenvalue weighted by molar-refractivity contribution is 0.402. The molecule has 21 heavy (non-hydrogen) atoms. The van der Waals surface area contributed by atoms with E-state index in [0.717, 1.165) is 38.0 Å². The maximum absolute atomic E-state index is 12.2. The summed E-state index contributed by atoms with van der Waals surface area (Å²) in [5.41, 5.74) is 1.11. The van der Waals surface area contributed by atoms with Crippen molar-refractivity contribution in [1.29, 1.82) is 0 Å². The van der Waals surface area contributed by atoms with E-state index in [1.807, 2.05) is 26.2 Å². The zero-order valence-electron chi connectivity index (χ0n) is 12.8. The quantitative estimate of drug-likeness (QED) is 0.789. The molecule has 118 valence electrons. The van der Waals surface area contributed by atoms with E-state index < -0.39 is 10.0 Å². The van der Waals surface area contributed by atoms with Gasteiger partial charge in [-0.2, -0.15) is 0 Å². The third-order valence-corrected chi connectivity index (χ3v) is 5.22. The van der Waals surface area contributed by atoms with Crippen LogP contribution in [-0.2, 0) is 16.6 Å².